The number of para-hydroxylation sites is 1. The molecule has 0 aliphatic heterocycles. The highest BCUT2D eigenvalue weighted by atomic mass is 16.2. The van der Waals surface area contributed by atoms with Gasteiger partial charge in [0.05, 0.1) is 0 Å². The van der Waals surface area contributed by atoms with Gasteiger partial charge in [0.25, 0.3) is 11.5 Å². The van der Waals surface area contributed by atoms with E-state index in [-0.39, 0.29) is 17.0 Å². The van der Waals surface area contributed by atoms with Crippen LogP contribution in [0.5, 0.6) is 0 Å². The number of hydrogen-bond donors (Lipinski definition) is 2. The van der Waals surface area contributed by atoms with Crippen molar-refractivity contribution >= 4 is 11.6 Å². The number of anilines is 1. The van der Waals surface area contributed by atoms with E-state index in [4.69, 9.17) is 0 Å². The number of amides is 1. The highest BCUT2D eigenvalue weighted by Crippen LogP contribution is 2.23. The van der Waals surface area contributed by atoms with Gasteiger partial charge >= 0.3 is 0 Å². The molecule has 1 aromatic carbocycles. The average molecular weight is 296 g/mol. The molecule has 3 rings (SSSR count). The second-order valence-corrected chi connectivity index (χ2v) is 6.13. The predicted octanol–water partition coefficient (Wildman–Crippen LogP) is 3.06. The lowest BCUT2D eigenvalue weighted by Gasteiger charge is -2.21. The first kappa shape index (κ1) is 14.6. The molecule has 0 saturated heterocycles. The van der Waals surface area contributed by atoms with Gasteiger partial charge < -0.3 is 10.3 Å². The van der Waals surface area contributed by atoms with Crippen LogP contribution < -0.4 is 10.9 Å². The highest BCUT2D eigenvalue weighted by molar-refractivity contribution is 6.04. The summed E-state index contributed by atoms with van der Waals surface area (Å²) < 4.78 is 0. The third kappa shape index (κ3) is 2.82. The molecule has 4 heteroatoms. The van der Waals surface area contributed by atoms with Gasteiger partial charge in [-0.1, -0.05) is 25.1 Å². The molecule has 1 aliphatic carbocycles. The molecule has 0 radical (unpaired) electrons. The number of aryl methyl sites for hydroxylation is 2. The molecule has 4 nitrogen and oxygen atoms in total. The molecule has 0 saturated carbocycles. The quantitative estimate of drug-likeness (QED) is 0.894. The molecule has 0 spiro atoms. The number of H-pyrrole nitrogens is 1. The average Bonchev–Trinajstić information content (AvgIpc) is 2.49. The minimum absolute atomic E-state index is 0.191. The SMILES string of the molecule is Cc1ccccc1NC(=O)c1cc2c([nH]c1=O)CC[C@H](C)C2. The molecule has 0 unspecified atom stereocenters. The number of rotatable bonds is 2. The van der Waals surface area contributed by atoms with Crippen molar-refractivity contribution in [2.24, 2.45) is 5.92 Å². The monoisotopic (exact) mass is 296 g/mol. The predicted molar refractivity (Wildman–Crippen MR) is 87.4 cm³/mol. The standard InChI is InChI=1S/C18H20N2O2/c1-11-7-8-16-13(9-11)10-14(18(22)20-16)17(21)19-15-6-4-3-5-12(15)2/h3-6,10-11H,7-9H2,1-2H3,(H,19,21)(H,20,22)/t11-/m0/s1. The second kappa shape index (κ2) is 5.79. The van der Waals surface area contributed by atoms with Crippen LogP contribution in [0.25, 0.3) is 0 Å². The van der Waals surface area contributed by atoms with Crippen molar-refractivity contribution in [2.45, 2.75) is 33.1 Å². The Balaban J connectivity index is 1.91. The van der Waals surface area contributed by atoms with Crippen LogP contribution in [0, 0.1) is 12.8 Å². The number of carbonyl (C=O) groups excluding carboxylic acids is 1. The number of pyridine rings is 1. The summed E-state index contributed by atoms with van der Waals surface area (Å²) in [5.41, 5.74) is 3.66. The fourth-order valence-electron chi connectivity index (χ4n) is 2.96. The van der Waals surface area contributed by atoms with Gasteiger partial charge in [-0.05, 0) is 55.4 Å². The number of fused-ring (bicyclic) bond motifs is 1. The van der Waals surface area contributed by atoms with Gasteiger partial charge in [0.1, 0.15) is 5.56 Å². The third-order valence-corrected chi connectivity index (χ3v) is 4.31. The summed E-state index contributed by atoms with van der Waals surface area (Å²) in [5.74, 6) is 0.238. The van der Waals surface area contributed by atoms with E-state index >= 15 is 0 Å². The van der Waals surface area contributed by atoms with Crippen molar-refractivity contribution in [1.29, 1.82) is 0 Å². The van der Waals surface area contributed by atoms with Gasteiger partial charge in [0.2, 0.25) is 0 Å². The summed E-state index contributed by atoms with van der Waals surface area (Å²) in [5, 5.41) is 2.83. The number of aromatic nitrogens is 1. The summed E-state index contributed by atoms with van der Waals surface area (Å²) in [6.07, 6.45) is 2.87. The van der Waals surface area contributed by atoms with E-state index in [9.17, 15) is 9.59 Å². The molecule has 0 fully saturated rings. The van der Waals surface area contributed by atoms with Gasteiger partial charge in [0.15, 0.2) is 0 Å². The van der Waals surface area contributed by atoms with E-state index in [1.807, 2.05) is 31.2 Å². The number of nitrogens with one attached hydrogen (secondary N) is 2. The van der Waals surface area contributed by atoms with Gasteiger partial charge in [-0.15, -0.1) is 0 Å². The Kier molecular flexibility index (Phi) is 3.84. The van der Waals surface area contributed by atoms with Crippen LogP contribution in [0.4, 0.5) is 5.69 Å². The smallest absolute Gasteiger partial charge is 0.261 e. The molecule has 1 heterocycles. The summed E-state index contributed by atoms with van der Waals surface area (Å²) in [6, 6.07) is 9.30. The Bertz CT molecular complexity index is 777. The third-order valence-electron chi connectivity index (χ3n) is 4.31. The molecule has 1 aliphatic rings. The molecule has 0 bridgehead atoms. The summed E-state index contributed by atoms with van der Waals surface area (Å²) in [6.45, 7) is 4.12. The van der Waals surface area contributed by atoms with E-state index in [1.165, 1.54) is 0 Å². The molecular formula is C18H20N2O2. The maximum Gasteiger partial charge on any atom is 0.261 e. The van der Waals surface area contributed by atoms with Gasteiger partial charge in [-0.25, -0.2) is 0 Å². The van der Waals surface area contributed by atoms with E-state index in [0.717, 1.165) is 41.8 Å². The Morgan fingerprint density at radius 2 is 2.09 bits per heavy atom. The molecule has 1 amide bonds. The first-order chi connectivity index (χ1) is 10.5. The molecule has 2 aromatic rings. The van der Waals surface area contributed by atoms with E-state index in [0.29, 0.717) is 5.92 Å². The normalized spacial score (nSPS) is 16.9. The largest absolute Gasteiger partial charge is 0.325 e. The van der Waals surface area contributed by atoms with Gasteiger partial charge in [-0.2, -0.15) is 0 Å². The van der Waals surface area contributed by atoms with Crippen molar-refractivity contribution in [1.82, 2.24) is 4.98 Å². The fourth-order valence-corrected chi connectivity index (χ4v) is 2.96. The molecule has 2 N–H and O–H groups in total. The van der Waals surface area contributed by atoms with Crippen molar-refractivity contribution in [3.05, 3.63) is 63.1 Å². The first-order valence-corrected chi connectivity index (χ1v) is 7.66. The molecular weight excluding hydrogens is 276 g/mol. The Labute approximate surface area is 129 Å². The summed E-state index contributed by atoms with van der Waals surface area (Å²) in [4.78, 5) is 27.5. The molecule has 114 valence electrons. The zero-order valence-corrected chi connectivity index (χ0v) is 12.9. The first-order valence-electron chi connectivity index (χ1n) is 7.66. The topological polar surface area (TPSA) is 62.0 Å². The number of benzene rings is 1. The molecule has 22 heavy (non-hydrogen) atoms. The minimum atomic E-state index is -0.350. The molecule has 1 atom stereocenters. The summed E-state index contributed by atoms with van der Waals surface area (Å²) >= 11 is 0. The van der Waals surface area contributed by atoms with Gasteiger partial charge in [0, 0.05) is 11.4 Å². The Morgan fingerprint density at radius 1 is 1.32 bits per heavy atom. The fraction of sp³-hybridized carbons (Fsp3) is 0.333. The van der Waals surface area contributed by atoms with Crippen LogP contribution in [0.1, 0.15) is 40.5 Å². The van der Waals surface area contributed by atoms with E-state index in [1.54, 1.807) is 6.07 Å². The number of aromatic amines is 1. The van der Waals surface area contributed by atoms with Crippen molar-refractivity contribution in [3.63, 3.8) is 0 Å². The zero-order chi connectivity index (χ0) is 15.7. The van der Waals surface area contributed by atoms with Crippen LogP contribution in [0.15, 0.2) is 35.1 Å². The van der Waals surface area contributed by atoms with Crippen LogP contribution in [-0.4, -0.2) is 10.9 Å². The van der Waals surface area contributed by atoms with Crippen molar-refractivity contribution < 1.29 is 4.79 Å². The van der Waals surface area contributed by atoms with Crippen molar-refractivity contribution in [3.8, 4) is 0 Å². The van der Waals surface area contributed by atoms with Gasteiger partial charge in [-0.3, -0.25) is 9.59 Å². The Morgan fingerprint density at radius 3 is 2.86 bits per heavy atom. The van der Waals surface area contributed by atoms with Crippen LogP contribution in [-0.2, 0) is 12.8 Å². The number of hydrogen-bond acceptors (Lipinski definition) is 2. The Hall–Kier alpha value is -2.36. The number of carbonyl (C=O) groups is 1. The van der Waals surface area contributed by atoms with E-state index in [2.05, 4.69) is 17.2 Å². The lowest BCUT2D eigenvalue weighted by molar-refractivity contribution is 0.102. The van der Waals surface area contributed by atoms with Crippen LogP contribution in [0.2, 0.25) is 0 Å². The zero-order valence-electron chi connectivity index (χ0n) is 12.9. The molecule has 1 aromatic heterocycles. The lowest BCUT2D eigenvalue weighted by Crippen LogP contribution is -2.27. The maximum atomic E-state index is 12.4. The van der Waals surface area contributed by atoms with Crippen LogP contribution in [0.3, 0.4) is 0 Å². The van der Waals surface area contributed by atoms with Crippen molar-refractivity contribution in [2.75, 3.05) is 5.32 Å². The minimum Gasteiger partial charge on any atom is -0.325 e. The lowest BCUT2D eigenvalue weighted by atomic mass is 9.87. The highest BCUT2D eigenvalue weighted by Gasteiger charge is 2.20. The second-order valence-electron chi connectivity index (χ2n) is 6.13. The maximum absolute atomic E-state index is 12.4. The van der Waals surface area contributed by atoms with Crippen LogP contribution >= 0.6 is 0 Å². The summed E-state index contributed by atoms with van der Waals surface area (Å²) in [7, 11) is 0. The van der Waals surface area contributed by atoms with E-state index < -0.39 is 0 Å².